The lowest BCUT2D eigenvalue weighted by Gasteiger charge is -2.15. The summed E-state index contributed by atoms with van der Waals surface area (Å²) in [6.07, 6.45) is 0.813. The standard InChI is InChI=1S/C12H22N2O/c1-7-9-10(15)11(12(4,5)6)13-14(9)8(2)3/h8,15H,7H2,1-6H3. The normalized spacial score (nSPS) is 12.5. The van der Waals surface area contributed by atoms with E-state index >= 15 is 0 Å². The van der Waals surface area contributed by atoms with Gasteiger partial charge in [0.05, 0.1) is 5.69 Å². The van der Waals surface area contributed by atoms with Crippen LogP contribution in [0.5, 0.6) is 5.75 Å². The first kappa shape index (κ1) is 12.1. The van der Waals surface area contributed by atoms with Crippen molar-refractivity contribution in [1.82, 2.24) is 9.78 Å². The molecule has 3 nitrogen and oxygen atoms in total. The Balaban J connectivity index is 3.34. The molecule has 0 aliphatic heterocycles. The molecule has 0 atom stereocenters. The van der Waals surface area contributed by atoms with Crippen molar-refractivity contribution in [1.29, 1.82) is 0 Å². The molecule has 1 rings (SSSR count). The fraction of sp³-hybridized carbons (Fsp3) is 0.750. The van der Waals surface area contributed by atoms with E-state index in [1.165, 1.54) is 0 Å². The number of nitrogens with zero attached hydrogens (tertiary/aromatic N) is 2. The monoisotopic (exact) mass is 210 g/mol. The van der Waals surface area contributed by atoms with Crippen molar-refractivity contribution >= 4 is 0 Å². The van der Waals surface area contributed by atoms with Gasteiger partial charge in [-0.25, -0.2) is 0 Å². The molecule has 0 aromatic carbocycles. The highest BCUT2D eigenvalue weighted by atomic mass is 16.3. The van der Waals surface area contributed by atoms with Gasteiger partial charge in [-0.3, -0.25) is 4.68 Å². The van der Waals surface area contributed by atoms with Gasteiger partial charge in [0.1, 0.15) is 5.69 Å². The molecule has 86 valence electrons. The fourth-order valence-corrected chi connectivity index (χ4v) is 1.72. The second-order valence-electron chi connectivity index (χ2n) is 5.29. The molecular formula is C12H22N2O. The van der Waals surface area contributed by atoms with Gasteiger partial charge in [-0.15, -0.1) is 0 Å². The second kappa shape index (κ2) is 3.87. The van der Waals surface area contributed by atoms with Gasteiger partial charge in [0.15, 0.2) is 5.75 Å². The predicted octanol–water partition coefficient (Wildman–Crippen LogP) is 3.03. The zero-order valence-corrected chi connectivity index (χ0v) is 10.6. The van der Waals surface area contributed by atoms with Crippen LogP contribution in [-0.4, -0.2) is 14.9 Å². The van der Waals surface area contributed by atoms with Gasteiger partial charge in [0, 0.05) is 11.5 Å². The molecular weight excluding hydrogens is 188 g/mol. The van der Waals surface area contributed by atoms with Crippen LogP contribution in [-0.2, 0) is 11.8 Å². The van der Waals surface area contributed by atoms with Crippen LogP contribution in [0, 0.1) is 0 Å². The van der Waals surface area contributed by atoms with E-state index in [0.717, 1.165) is 17.8 Å². The van der Waals surface area contributed by atoms with Crippen LogP contribution in [0.1, 0.15) is 59.0 Å². The summed E-state index contributed by atoms with van der Waals surface area (Å²) in [7, 11) is 0. The van der Waals surface area contributed by atoms with Crippen molar-refractivity contribution in [3.63, 3.8) is 0 Å². The van der Waals surface area contributed by atoms with Gasteiger partial charge in [-0.1, -0.05) is 27.7 Å². The lowest BCUT2D eigenvalue weighted by Crippen LogP contribution is -2.14. The Morgan fingerprint density at radius 3 is 2.13 bits per heavy atom. The van der Waals surface area contributed by atoms with Gasteiger partial charge in [-0.05, 0) is 20.3 Å². The number of hydrogen-bond acceptors (Lipinski definition) is 2. The molecule has 1 N–H and O–H groups in total. The molecule has 0 radical (unpaired) electrons. The first-order valence-corrected chi connectivity index (χ1v) is 5.59. The van der Waals surface area contributed by atoms with E-state index in [0.29, 0.717) is 11.8 Å². The molecule has 1 aromatic rings. The van der Waals surface area contributed by atoms with Crippen molar-refractivity contribution in [3.05, 3.63) is 11.4 Å². The third kappa shape index (κ3) is 2.16. The highest BCUT2D eigenvalue weighted by molar-refractivity contribution is 5.36. The van der Waals surface area contributed by atoms with E-state index in [4.69, 9.17) is 0 Å². The molecule has 0 unspecified atom stereocenters. The topological polar surface area (TPSA) is 38.1 Å². The van der Waals surface area contributed by atoms with Gasteiger partial charge < -0.3 is 5.11 Å². The maximum absolute atomic E-state index is 10.1. The third-order valence-corrected chi connectivity index (χ3v) is 2.52. The summed E-state index contributed by atoms with van der Waals surface area (Å²) < 4.78 is 1.93. The largest absolute Gasteiger partial charge is 0.504 e. The Hall–Kier alpha value is -0.990. The Kier molecular flexibility index (Phi) is 3.12. The molecule has 3 heteroatoms. The van der Waals surface area contributed by atoms with Crippen LogP contribution >= 0.6 is 0 Å². The van der Waals surface area contributed by atoms with Gasteiger partial charge in [-0.2, -0.15) is 5.10 Å². The number of aromatic nitrogens is 2. The third-order valence-electron chi connectivity index (χ3n) is 2.52. The maximum Gasteiger partial charge on any atom is 0.160 e. The van der Waals surface area contributed by atoms with Crippen LogP contribution in [0.15, 0.2) is 0 Å². The van der Waals surface area contributed by atoms with Crippen molar-refractivity contribution < 1.29 is 5.11 Å². The van der Waals surface area contributed by atoms with E-state index < -0.39 is 0 Å². The molecule has 1 heterocycles. The van der Waals surface area contributed by atoms with Crippen molar-refractivity contribution in [3.8, 4) is 5.75 Å². The average molecular weight is 210 g/mol. The van der Waals surface area contributed by atoms with Crippen molar-refractivity contribution in [2.24, 2.45) is 0 Å². The summed E-state index contributed by atoms with van der Waals surface area (Å²) in [6.45, 7) is 12.4. The van der Waals surface area contributed by atoms with Crippen LogP contribution < -0.4 is 0 Å². The Bertz CT molecular complexity index is 345. The van der Waals surface area contributed by atoms with E-state index in [2.05, 4.69) is 39.7 Å². The molecule has 0 aliphatic carbocycles. The molecule has 0 fully saturated rings. The minimum atomic E-state index is -0.103. The smallest absolute Gasteiger partial charge is 0.160 e. The lowest BCUT2D eigenvalue weighted by molar-refractivity contribution is 0.439. The predicted molar refractivity (Wildman–Crippen MR) is 62.4 cm³/mol. The lowest BCUT2D eigenvalue weighted by atomic mass is 9.91. The zero-order valence-electron chi connectivity index (χ0n) is 10.6. The summed E-state index contributed by atoms with van der Waals surface area (Å²) in [6, 6.07) is 0.293. The second-order valence-corrected chi connectivity index (χ2v) is 5.29. The van der Waals surface area contributed by atoms with Crippen LogP contribution in [0.25, 0.3) is 0 Å². The Morgan fingerprint density at radius 2 is 1.87 bits per heavy atom. The summed E-state index contributed by atoms with van der Waals surface area (Å²) >= 11 is 0. The molecule has 1 aromatic heterocycles. The summed E-state index contributed by atoms with van der Waals surface area (Å²) in [5.74, 6) is 0.374. The summed E-state index contributed by atoms with van der Waals surface area (Å²) in [5, 5.41) is 14.6. The van der Waals surface area contributed by atoms with Gasteiger partial charge in [0.25, 0.3) is 0 Å². The zero-order chi connectivity index (χ0) is 11.8. The van der Waals surface area contributed by atoms with Crippen molar-refractivity contribution in [2.75, 3.05) is 0 Å². The highest BCUT2D eigenvalue weighted by Crippen LogP contribution is 2.33. The fourth-order valence-electron chi connectivity index (χ4n) is 1.72. The minimum absolute atomic E-state index is 0.103. The Labute approximate surface area is 92.1 Å². The molecule has 0 saturated heterocycles. The Morgan fingerprint density at radius 1 is 1.33 bits per heavy atom. The van der Waals surface area contributed by atoms with E-state index in [1.54, 1.807) is 0 Å². The number of aromatic hydroxyl groups is 1. The number of hydrogen-bond donors (Lipinski definition) is 1. The average Bonchev–Trinajstić information content (AvgIpc) is 2.41. The van der Waals surface area contributed by atoms with Crippen LogP contribution in [0.4, 0.5) is 0 Å². The quantitative estimate of drug-likeness (QED) is 0.814. The molecule has 15 heavy (non-hydrogen) atoms. The van der Waals surface area contributed by atoms with Crippen LogP contribution in [0.3, 0.4) is 0 Å². The van der Waals surface area contributed by atoms with E-state index in [1.807, 2.05) is 11.6 Å². The minimum Gasteiger partial charge on any atom is -0.504 e. The van der Waals surface area contributed by atoms with E-state index in [9.17, 15) is 5.11 Å². The first-order valence-electron chi connectivity index (χ1n) is 5.59. The van der Waals surface area contributed by atoms with Crippen LogP contribution in [0.2, 0.25) is 0 Å². The van der Waals surface area contributed by atoms with Crippen molar-refractivity contribution in [2.45, 2.75) is 59.4 Å². The van der Waals surface area contributed by atoms with Gasteiger partial charge in [0.2, 0.25) is 0 Å². The number of rotatable bonds is 2. The molecule has 0 aliphatic rings. The first-order chi connectivity index (χ1) is 6.79. The molecule has 0 saturated carbocycles. The highest BCUT2D eigenvalue weighted by Gasteiger charge is 2.26. The van der Waals surface area contributed by atoms with E-state index in [-0.39, 0.29) is 5.41 Å². The summed E-state index contributed by atoms with van der Waals surface area (Å²) in [4.78, 5) is 0. The van der Waals surface area contributed by atoms with Gasteiger partial charge >= 0.3 is 0 Å². The maximum atomic E-state index is 10.1. The molecule has 0 amide bonds. The SMILES string of the molecule is CCc1c(O)c(C(C)(C)C)nn1C(C)C. The molecule has 0 bridgehead atoms. The summed E-state index contributed by atoms with van der Waals surface area (Å²) in [5.41, 5.74) is 1.64. The molecule has 0 spiro atoms.